The summed E-state index contributed by atoms with van der Waals surface area (Å²) in [5.41, 5.74) is 2.63. The molecule has 0 spiro atoms. The van der Waals surface area contributed by atoms with Crippen molar-refractivity contribution in [2.45, 2.75) is 51.6 Å². The molecule has 0 saturated heterocycles. The molecular weight excluding hydrogens is 310 g/mol. The molecule has 2 rings (SSSR count). The molecule has 0 aliphatic rings. The number of nitrogens with one attached hydrogen (secondary N) is 1. The Hall–Kier alpha value is -2.00. The van der Waals surface area contributed by atoms with Gasteiger partial charge < -0.3 is 14.8 Å². The third-order valence-corrected chi connectivity index (χ3v) is 4.59. The Labute approximate surface area is 152 Å². The quantitative estimate of drug-likeness (QED) is 0.603. The van der Waals surface area contributed by atoms with Gasteiger partial charge in [0.2, 0.25) is 0 Å². The minimum Gasteiger partial charge on any atom is -0.497 e. The number of methoxy groups -OCH3 is 2. The summed E-state index contributed by atoms with van der Waals surface area (Å²) in [6.07, 6.45) is 4.52. The lowest BCUT2D eigenvalue weighted by molar-refractivity contribution is 0.396. The number of ether oxygens (including phenoxy) is 2. The maximum atomic E-state index is 5.29. The van der Waals surface area contributed by atoms with Crippen molar-refractivity contribution < 1.29 is 9.47 Å². The Morgan fingerprint density at radius 1 is 0.680 bits per heavy atom. The van der Waals surface area contributed by atoms with Gasteiger partial charge in [0.25, 0.3) is 0 Å². The molecule has 1 N–H and O–H groups in total. The van der Waals surface area contributed by atoms with Crippen molar-refractivity contribution in [2.75, 3.05) is 14.2 Å². The monoisotopic (exact) mass is 341 g/mol. The van der Waals surface area contributed by atoms with E-state index in [0.29, 0.717) is 12.1 Å². The summed E-state index contributed by atoms with van der Waals surface area (Å²) in [6.45, 7) is 4.47. The van der Waals surface area contributed by atoms with Gasteiger partial charge in [0, 0.05) is 12.1 Å². The van der Waals surface area contributed by atoms with E-state index < -0.39 is 0 Å². The molecule has 0 heterocycles. The van der Waals surface area contributed by atoms with Crippen LogP contribution >= 0.6 is 0 Å². The number of hydrogen-bond donors (Lipinski definition) is 1. The molecule has 3 nitrogen and oxygen atoms in total. The van der Waals surface area contributed by atoms with Gasteiger partial charge in [0.15, 0.2) is 0 Å². The van der Waals surface area contributed by atoms with Crippen LogP contribution in [0.1, 0.15) is 62.7 Å². The lowest BCUT2D eigenvalue weighted by Crippen LogP contribution is -2.26. The third-order valence-electron chi connectivity index (χ3n) is 4.59. The Morgan fingerprint density at radius 2 is 1.04 bits per heavy atom. The van der Waals surface area contributed by atoms with Crippen molar-refractivity contribution in [3.63, 3.8) is 0 Å². The van der Waals surface area contributed by atoms with Gasteiger partial charge in [-0.1, -0.05) is 51.0 Å². The van der Waals surface area contributed by atoms with Crippen LogP contribution in [0.5, 0.6) is 11.5 Å². The van der Waals surface area contributed by atoms with E-state index in [0.717, 1.165) is 37.2 Å². The summed E-state index contributed by atoms with van der Waals surface area (Å²) < 4.78 is 10.6. The molecular formula is C22H31NO2. The Bertz CT molecular complexity index is 551. The van der Waals surface area contributed by atoms with E-state index in [4.69, 9.17) is 9.47 Å². The predicted octanol–water partition coefficient (Wildman–Crippen LogP) is 5.68. The molecule has 0 bridgehead atoms. The van der Waals surface area contributed by atoms with E-state index in [2.05, 4.69) is 43.4 Å². The first-order valence-corrected chi connectivity index (χ1v) is 9.25. The molecule has 0 radical (unpaired) electrons. The van der Waals surface area contributed by atoms with Gasteiger partial charge in [-0.3, -0.25) is 0 Å². The highest BCUT2D eigenvalue weighted by molar-refractivity contribution is 5.31. The van der Waals surface area contributed by atoms with E-state index in [1.54, 1.807) is 14.2 Å². The molecule has 0 aliphatic carbocycles. The summed E-state index contributed by atoms with van der Waals surface area (Å²) in [5, 5.41) is 3.88. The summed E-state index contributed by atoms with van der Waals surface area (Å²) in [5.74, 6) is 1.80. The zero-order valence-electron chi connectivity index (χ0n) is 15.9. The van der Waals surface area contributed by atoms with Crippen molar-refractivity contribution in [3.8, 4) is 11.5 Å². The second-order valence-electron chi connectivity index (χ2n) is 6.40. The van der Waals surface area contributed by atoms with Crippen LogP contribution in [-0.2, 0) is 0 Å². The van der Waals surface area contributed by atoms with Crippen LogP contribution < -0.4 is 14.8 Å². The highest BCUT2D eigenvalue weighted by Crippen LogP contribution is 2.28. The van der Waals surface area contributed by atoms with Gasteiger partial charge in [-0.25, -0.2) is 0 Å². The molecule has 25 heavy (non-hydrogen) atoms. The van der Waals surface area contributed by atoms with E-state index in [1.165, 1.54) is 11.1 Å². The van der Waals surface area contributed by atoms with E-state index in [1.807, 2.05) is 24.3 Å². The predicted molar refractivity (Wildman–Crippen MR) is 104 cm³/mol. The molecule has 3 heteroatoms. The molecule has 2 unspecified atom stereocenters. The standard InChI is InChI=1S/C22H31NO2/c1-5-7-21(17-9-13-19(24-3)14-10-17)23-22(8-6-2)18-11-15-20(25-4)16-12-18/h9-16,21-23H,5-8H2,1-4H3. The van der Waals surface area contributed by atoms with Crippen LogP contribution in [0.25, 0.3) is 0 Å². The van der Waals surface area contributed by atoms with Crippen LogP contribution in [0.15, 0.2) is 48.5 Å². The SMILES string of the molecule is CCCC(NC(CCC)c1ccc(OC)cc1)c1ccc(OC)cc1. The molecule has 2 atom stereocenters. The average Bonchev–Trinajstić information content (AvgIpc) is 2.67. The summed E-state index contributed by atoms with van der Waals surface area (Å²) in [7, 11) is 3.41. The zero-order chi connectivity index (χ0) is 18.1. The number of rotatable bonds is 10. The van der Waals surface area contributed by atoms with E-state index >= 15 is 0 Å². The first-order valence-electron chi connectivity index (χ1n) is 9.25. The second kappa shape index (κ2) is 10.1. The van der Waals surface area contributed by atoms with Gasteiger partial charge in [0.05, 0.1) is 14.2 Å². The number of benzene rings is 2. The van der Waals surface area contributed by atoms with Crippen LogP contribution in [0, 0.1) is 0 Å². The minimum absolute atomic E-state index is 0.342. The summed E-state index contributed by atoms with van der Waals surface area (Å²) in [6, 6.07) is 17.5. The molecule has 0 aromatic heterocycles. The Balaban J connectivity index is 2.19. The van der Waals surface area contributed by atoms with Crippen molar-refractivity contribution in [1.82, 2.24) is 5.32 Å². The molecule has 0 amide bonds. The van der Waals surface area contributed by atoms with Crippen LogP contribution in [0.2, 0.25) is 0 Å². The molecule has 2 aromatic rings. The fourth-order valence-electron chi connectivity index (χ4n) is 3.19. The maximum Gasteiger partial charge on any atom is 0.118 e. The molecule has 0 aliphatic heterocycles. The third kappa shape index (κ3) is 5.50. The van der Waals surface area contributed by atoms with Crippen LogP contribution in [0.3, 0.4) is 0 Å². The Kier molecular flexibility index (Phi) is 7.80. The molecule has 2 aromatic carbocycles. The number of hydrogen-bond acceptors (Lipinski definition) is 3. The first kappa shape index (κ1) is 19.3. The van der Waals surface area contributed by atoms with Gasteiger partial charge in [0.1, 0.15) is 11.5 Å². The van der Waals surface area contributed by atoms with Crippen molar-refractivity contribution in [2.24, 2.45) is 0 Å². The average molecular weight is 341 g/mol. The summed E-state index contributed by atoms with van der Waals surface area (Å²) in [4.78, 5) is 0. The van der Waals surface area contributed by atoms with Gasteiger partial charge in [-0.15, -0.1) is 0 Å². The van der Waals surface area contributed by atoms with Crippen LogP contribution in [0.4, 0.5) is 0 Å². The largest absolute Gasteiger partial charge is 0.497 e. The molecule has 0 fully saturated rings. The van der Waals surface area contributed by atoms with Gasteiger partial charge in [-0.05, 0) is 48.2 Å². The Morgan fingerprint density at radius 3 is 1.32 bits per heavy atom. The van der Waals surface area contributed by atoms with E-state index in [-0.39, 0.29) is 0 Å². The second-order valence-corrected chi connectivity index (χ2v) is 6.40. The topological polar surface area (TPSA) is 30.5 Å². The van der Waals surface area contributed by atoms with Crippen molar-refractivity contribution in [3.05, 3.63) is 59.7 Å². The zero-order valence-corrected chi connectivity index (χ0v) is 15.9. The first-order chi connectivity index (χ1) is 12.2. The molecule has 0 saturated carbocycles. The summed E-state index contributed by atoms with van der Waals surface area (Å²) >= 11 is 0. The van der Waals surface area contributed by atoms with Crippen molar-refractivity contribution in [1.29, 1.82) is 0 Å². The van der Waals surface area contributed by atoms with E-state index in [9.17, 15) is 0 Å². The van der Waals surface area contributed by atoms with Gasteiger partial charge in [-0.2, -0.15) is 0 Å². The smallest absolute Gasteiger partial charge is 0.118 e. The fraction of sp³-hybridized carbons (Fsp3) is 0.455. The normalized spacial score (nSPS) is 13.3. The highest BCUT2D eigenvalue weighted by atomic mass is 16.5. The molecule has 136 valence electrons. The van der Waals surface area contributed by atoms with Gasteiger partial charge >= 0.3 is 0 Å². The lowest BCUT2D eigenvalue weighted by Gasteiger charge is -2.27. The lowest BCUT2D eigenvalue weighted by atomic mass is 9.96. The fourth-order valence-corrected chi connectivity index (χ4v) is 3.19. The maximum absolute atomic E-state index is 5.29. The minimum atomic E-state index is 0.342. The highest BCUT2D eigenvalue weighted by Gasteiger charge is 2.18. The van der Waals surface area contributed by atoms with Crippen molar-refractivity contribution >= 4 is 0 Å². The van der Waals surface area contributed by atoms with Crippen LogP contribution in [-0.4, -0.2) is 14.2 Å².